The van der Waals surface area contributed by atoms with Crippen LogP contribution in [0.4, 0.5) is 17.6 Å². The summed E-state index contributed by atoms with van der Waals surface area (Å²) < 4.78 is 54.1. The van der Waals surface area contributed by atoms with Gasteiger partial charge in [-0.15, -0.1) is 24.0 Å². The second-order valence-corrected chi connectivity index (χ2v) is 6.71. The Kier molecular flexibility index (Phi) is 9.45. The molecule has 0 saturated carbocycles. The van der Waals surface area contributed by atoms with Crippen molar-refractivity contribution in [3.8, 4) is 0 Å². The number of likely N-dealkylation sites (tertiary alicyclic amines) is 1. The van der Waals surface area contributed by atoms with Crippen molar-refractivity contribution in [2.45, 2.75) is 39.8 Å². The average molecular weight is 516 g/mol. The van der Waals surface area contributed by atoms with E-state index in [0.29, 0.717) is 26.1 Å². The highest BCUT2D eigenvalue weighted by Gasteiger charge is 2.28. The lowest BCUT2D eigenvalue weighted by atomic mass is 10.2. The first-order valence-corrected chi connectivity index (χ1v) is 8.90. The van der Waals surface area contributed by atoms with Gasteiger partial charge in [-0.1, -0.05) is 13.8 Å². The van der Waals surface area contributed by atoms with E-state index in [-0.39, 0.29) is 53.9 Å². The predicted octanol–water partition coefficient (Wildman–Crippen LogP) is 3.17. The molecule has 1 saturated heterocycles. The molecule has 1 amide bonds. The Morgan fingerprint density at radius 3 is 2.39 bits per heavy atom. The summed E-state index contributed by atoms with van der Waals surface area (Å²) in [6.07, 6.45) is 0.695. The fourth-order valence-electron chi connectivity index (χ4n) is 2.88. The number of guanidine groups is 1. The molecule has 28 heavy (non-hydrogen) atoms. The minimum atomic E-state index is -1.46. The normalized spacial score (nSPS) is 16.9. The molecule has 0 bridgehead atoms. The van der Waals surface area contributed by atoms with Crippen LogP contribution in [0.3, 0.4) is 0 Å². The zero-order valence-corrected chi connectivity index (χ0v) is 18.3. The number of amides is 1. The smallest absolute Gasteiger partial charge is 0.225 e. The number of carbonyl (C=O) groups is 1. The second-order valence-electron chi connectivity index (χ2n) is 6.71. The van der Waals surface area contributed by atoms with Crippen LogP contribution in [0.2, 0.25) is 0 Å². The molecule has 1 fully saturated rings. The fraction of sp³-hybridized carbons (Fsp3) is 0.556. The molecule has 0 spiro atoms. The van der Waals surface area contributed by atoms with Crippen molar-refractivity contribution in [1.29, 1.82) is 0 Å². The van der Waals surface area contributed by atoms with Crippen LogP contribution in [0.1, 0.15) is 32.8 Å². The quantitative estimate of drug-likeness (QED) is 0.208. The molecule has 2 rings (SSSR count). The van der Waals surface area contributed by atoms with E-state index in [1.165, 1.54) is 0 Å². The van der Waals surface area contributed by atoms with Gasteiger partial charge in [-0.05, 0) is 13.3 Å². The number of aliphatic imine (C=N–C) groups is 1. The van der Waals surface area contributed by atoms with Crippen molar-refractivity contribution < 1.29 is 22.4 Å². The molecule has 1 aromatic carbocycles. The van der Waals surface area contributed by atoms with Gasteiger partial charge < -0.3 is 15.5 Å². The van der Waals surface area contributed by atoms with Crippen molar-refractivity contribution in [2.24, 2.45) is 10.9 Å². The van der Waals surface area contributed by atoms with Crippen molar-refractivity contribution in [1.82, 2.24) is 15.5 Å². The van der Waals surface area contributed by atoms with Crippen LogP contribution in [0.5, 0.6) is 0 Å². The van der Waals surface area contributed by atoms with Gasteiger partial charge in [0.05, 0.1) is 12.1 Å². The van der Waals surface area contributed by atoms with Crippen LogP contribution in [0, 0.1) is 29.2 Å². The number of hydrogen-bond acceptors (Lipinski definition) is 2. The van der Waals surface area contributed by atoms with E-state index in [1.54, 1.807) is 4.90 Å². The molecule has 1 aliphatic heterocycles. The highest BCUT2D eigenvalue weighted by molar-refractivity contribution is 14.0. The Balaban J connectivity index is 0.00000392. The van der Waals surface area contributed by atoms with Gasteiger partial charge in [0.15, 0.2) is 29.2 Å². The van der Waals surface area contributed by atoms with Crippen LogP contribution in [-0.4, -0.2) is 42.4 Å². The highest BCUT2D eigenvalue weighted by Crippen LogP contribution is 2.20. The van der Waals surface area contributed by atoms with Crippen LogP contribution < -0.4 is 10.6 Å². The molecule has 1 aliphatic rings. The van der Waals surface area contributed by atoms with Crippen LogP contribution in [-0.2, 0) is 11.3 Å². The molecule has 158 valence electrons. The van der Waals surface area contributed by atoms with Crippen molar-refractivity contribution >= 4 is 35.8 Å². The Morgan fingerprint density at radius 1 is 1.25 bits per heavy atom. The molecule has 1 heterocycles. The lowest BCUT2D eigenvalue weighted by Gasteiger charge is -2.20. The molecule has 0 radical (unpaired) electrons. The summed E-state index contributed by atoms with van der Waals surface area (Å²) in [7, 11) is 0. The van der Waals surface area contributed by atoms with E-state index in [2.05, 4.69) is 15.6 Å². The largest absolute Gasteiger partial charge is 0.357 e. The minimum Gasteiger partial charge on any atom is -0.357 e. The molecular formula is C18H25F4IN4O. The van der Waals surface area contributed by atoms with E-state index in [9.17, 15) is 22.4 Å². The molecule has 1 unspecified atom stereocenters. The number of halogens is 5. The number of nitrogens with zero attached hydrogens (tertiary/aromatic N) is 2. The zero-order chi connectivity index (χ0) is 20.1. The maximum absolute atomic E-state index is 13.8. The first-order chi connectivity index (χ1) is 12.7. The number of rotatable bonds is 5. The van der Waals surface area contributed by atoms with Gasteiger partial charge in [0.2, 0.25) is 5.91 Å². The summed E-state index contributed by atoms with van der Waals surface area (Å²) in [5.74, 6) is -5.62. The average Bonchev–Trinajstić information content (AvgIpc) is 3.07. The minimum absolute atomic E-state index is 0. The molecular weight excluding hydrogens is 491 g/mol. The van der Waals surface area contributed by atoms with E-state index >= 15 is 0 Å². The van der Waals surface area contributed by atoms with Gasteiger partial charge in [-0.2, -0.15) is 0 Å². The topological polar surface area (TPSA) is 56.7 Å². The third-order valence-electron chi connectivity index (χ3n) is 4.28. The van der Waals surface area contributed by atoms with Crippen LogP contribution in [0.25, 0.3) is 0 Å². The van der Waals surface area contributed by atoms with Gasteiger partial charge in [-0.3, -0.25) is 4.79 Å². The maximum atomic E-state index is 13.8. The summed E-state index contributed by atoms with van der Waals surface area (Å²) in [4.78, 5) is 17.8. The summed E-state index contributed by atoms with van der Waals surface area (Å²) >= 11 is 0. The molecule has 0 aromatic heterocycles. The van der Waals surface area contributed by atoms with Crippen molar-refractivity contribution in [3.63, 3.8) is 0 Å². The molecule has 1 aromatic rings. The van der Waals surface area contributed by atoms with E-state index in [4.69, 9.17) is 0 Å². The number of nitrogens with one attached hydrogen (secondary N) is 2. The van der Waals surface area contributed by atoms with Gasteiger partial charge in [0.25, 0.3) is 0 Å². The first kappa shape index (κ1) is 24.4. The monoisotopic (exact) mass is 516 g/mol. The lowest BCUT2D eigenvalue weighted by molar-refractivity contribution is -0.133. The Hall–Kier alpha value is -1.59. The summed E-state index contributed by atoms with van der Waals surface area (Å²) in [6, 6.07) is 0.0876. The first-order valence-electron chi connectivity index (χ1n) is 8.90. The number of benzene rings is 1. The second kappa shape index (κ2) is 10.8. The molecule has 0 aliphatic carbocycles. The molecule has 2 N–H and O–H groups in total. The highest BCUT2D eigenvalue weighted by atomic mass is 127. The summed E-state index contributed by atoms with van der Waals surface area (Å²) in [5, 5.41) is 6.01. The molecule has 5 nitrogen and oxygen atoms in total. The fourth-order valence-corrected chi connectivity index (χ4v) is 2.88. The summed E-state index contributed by atoms with van der Waals surface area (Å²) in [6.45, 7) is 6.47. The van der Waals surface area contributed by atoms with Crippen LogP contribution in [0.15, 0.2) is 11.1 Å². The van der Waals surface area contributed by atoms with E-state index in [0.717, 1.165) is 0 Å². The number of hydrogen-bond donors (Lipinski definition) is 2. The van der Waals surface area contributed by atoms with Gasteiger partial charge in [0.1, 0.15) is 0 Å². The predicted molar refractivity (Wildman–Crippen MR) is 109 cm³/mol. The van der Waals surface area contributed by atoms with Gasteiger partial charge in [-0.25, -0.2) is 22.6 Å². The zero-order valence-electron chi connectivity index (χ0n) is 16.0. The van der Waals surface area contributed by atoms with Gasteiger partial charge >= 0.3 is 0 Å². The summed E-state index contributed by atoms with van der Waals surface area (Å²) in [5.41, 5.74) is -0.771. The van der Waals surface area contributed by atoms with Gasteiger partial charge in [0, 0.05) is 37.7 Å². The third kappa shape index (κ3) is 5.95. The Labute approximate surface area is 179 Å². The van der Waals surface area contributed by atoms with Crippen molar-refractivity contribution in [2.75, 3.05) is 19.6 Å². The molecule has 1 atom stereocenters. The standard InChI is InChI=1S/C18H24F4N4O.HI/c1-4-23-18(25-11-5-6-26(9-11)17(27)10(2)3)24-8-12-15(21)13(19)7-14(20)16(12)22;/h7,10-11H,4-6,8-9H2,1-3H3,(H2,23,24,25);1H. The SMILES string of the molecule is CCNC(=NCc1c(F)c(F)cc(F)c1F)NC1CCN(C(=O)C(C)C)C1.I. The van der Waals surface area contributed by atoms with Crippen LogP contribution >= 0.6 is 24.0 Å². The Bertz CT molecular complexity index is 704. The lowest BCUT2D eigenvalue weighted by Crippen LogP contribution is -2.45. The third-order valence-corrected chi connectivity index (χ3v) is 4.28. The maximum Gasteiger partial charge on any atom is 0.225 e. The number of carbonyl (C=O) groups excluding carboxylic acids is 1. The molecule has 10 heteroatoms. The van der Waals surface area contributed by atoms with E-state index in [1.807, 2.05) is 20.8 Å². The van der Waals surface area contributed by atoms with Crippen molar-refractivity contribution in [3.05, 3.63) is 34.9 Å². The Morgan fingerprint density at radius 2 is 1.86 bits per heavy atom. The van der Waals surface area contributed by atoms with E-state index < -0.39 is 35.4 Å².